The molecule has 1 saturated carbocycles. The molecule has 3 rings (SSSR count). The van der Waals surface area contributed by atoms with Crippen LogP contribution in [-0.4, -0.2) is 35.4 Å². The lowest BCUT2D eigenvalue weighted by Gasteiger charge is -2.38. The Balaban J connectivity index is 1.86. The summed E-state index contributed by atoms with van der Waals surface area (Å²) in [5.74, 6) is 0.983. The number of hydrogen-bond acceptors (Lipinski definition) is 4. The lowest BCUT2D eigenvalue weighted by molar-refractivity contribution is 0.0253. The van der Waals surface area contributed by atoms with Gasteiger partial charge >= 0.3 is 0 Å². The van der Waals surface area contributed by atoms with Crippen LogP contribution in [-0.2, 0) is 11.3 Å². The molecule has 0 spiro atoms. The number of rotatable bonds is 2. The van der Waals surface area contributed by atoms with Crippen LogP contribution in [0.2, 0.25) is 0 Å². The highest BCUT2D eigenvalue weighted by Crippen LogP contribution is 2.32. The molecule has 1 aromatic rings. The maximum Gasteiger partial charge on any atom is 0.129 e. The van der Waals surface area contributed by atoms with Gasteiger partial charge in [-0.25, -0.2) is 4.98 Å². The number of fused-ring (bicyclic) bond motifs is 1. The zero-order valence-electron chi connectivity index (χ0n) is 9.88. The molecular weight excluding hydrogens is 216 g/mol. The highest BCUT2D eigenvalue weighted by molar-refractivity contribution is 5.42. The molecular formula is C13H18N2O2. The molecule has 2 aliphatic rings. The Morgan fingerprint density at radius 1 is 1.41 bits per heavy atom. The van der Waals surface area contributed by atoms with Crippen molar-refractivity contribution >= 4 is 5.82 Å². The Labute approximate surface area is 101 Å². The first-order valence-electron chi connectivity index (χ1n) is 6.33. The number of hydrogen-bond donors (Lipinski definition) is 1. The molecule has 0 aromatic carbocycles. The minimum absolute atomic E-state index is 0.00623. The van der Waals surface area contributed by atoms with Gasteiger partial charge < -0.3 is 14.7 Å². The van der Waals surface area contributed by atoms with E-state index in [-0.39, 0.29) is 6.61 Å². The summed E-state index contributed by atoms with van der Waals surface area (Å²) in [6, 6.07) is 6.33. The number of morpholine rings is 1. The summed E-state index contributed by atoms with van der Waals surface area (Å²) in [6.07, 6.45) is 3.98. The molecule has 1 N–H and O–H groups in total. The Morgan fingerprint density at radius 2 is 2.35 bits per heavy atom. The molecule has 1 aliphatic carbocycles. The van der Waals surface area contributed by atoms with Crippen LogP contribution in [0.1, 0.15) is 25.0 Å². The van der Waals surface area contributed by atoms with Gasteiger partial charge in [0.15, 0.2) is 0 Å². The van der Waals surface area contributed by atoms with Gasteiger partial charge in [0.1, 0.15) is 5.82 Å². The summed E-state index contributed by atoms with van der Waals surface area (Å²) in [5.41, 5.74) is 0.739. The highest BCUT2D eigenvalue weighted by atomic mass is 16.5. The molecule has 0 amide bonds. The molecule has 2 atom stereocenters. The molecule has 4 nitrogen and oxygen atoms in total. The van der Waals surface area contributed by atoms with Gasteiger partial charge in [0.05, 0.1) is 31.1 Å². The van der Waals surface area contributed by atoms with Gasteiger partial charge in [0.25, 0.3) is 0 Å². The van der Waals surface area contributed by atoms with Crippen LogP contribution in [0.25, 0.3) is 0 Å². The first kappa shape index (κ1) is 11.0. The third-order valence-electron chi connectivity index (χ3n) is 3.73. The van der Waals surface area contributed by atoms with Crippen LogP contribution < -0.4 is 4.90 Å². The molecule has 2 unspecified atom stereocenters. The lowest BCUT2D eigenvalue weighted by Crippen LogP contribution is -2.49. The second-order valence-electron chi connectivity index (χ2n) is 4.75. The number of nitrogens with zero attached hydrogens (tertiary/aromatic N) is 2. The average molecular weight is 234 g/mol. The van der Waals surface area contributed by atoms with Gasteiger partial charge in [0.2, 0.25) is 0 Å². The maximum atomic E-state index is 9.14. The topological polar surface area (TPSA) is 45.6 Å². The van der Waals surface area contributed by atoms with E-state index in [0.717, 1.165) is 24.7 Å². The van der Waals surface area contributed by atoms with Crippen LogP contribution in [0.4, 0.5) is 5.82 Å². The molecule has 17 heavy (non-hydrogen) atoms. The van der Waals surface area contributed by atoms with E-state index in [1.54, 1.807) is 0 Å². The summed E-state index contributed by atoms with van der Waals surface area (Å²) >= 11 is 0. The third-order valence-corrected chi connectivity index (χ3v) is 3.73. The molecule has 2 fully saturated rings. The predicted molar refractivity (Wildman–Crippen MR) is 64.9 cm³/mol. The Hall–Kier alpha value is -1.13. The van der Waals surface area contributed by atoms with Crippen molar-refractivity contribution in [1.29, 1.82) is 0 Å². The SMILES string of the molecule is OCc1cccc(N2CCOC3CCCC32)n1. The highest BCUT2D eigenvalue weighted by Gasteiger charge is 2.36. The minimum atomic E-state index is 0.00623. The first-order valence-corrected chi connectivity index (χ1v) is 6.33. The quantitative estimate of drug-likeness (QED) is 0.838. The summed E-state index contributed by atoms with van der Waals surface area (Å²) < 4.78 is 5.79. The van der Waals surface area contributed by atoms with Crippen molar-refractivity contribution in [3.8, 4) is 0 Å². The van der Waals surface area contributed by atoms with Crippen molar-refractivity contribution in [3.05, 3.63) is 23.9 Å². The normalized spacial score (nSPS) is 28.2. The van der Waals surface area contributed by atoms with Crippen molar-refractivity contribution in [2.24, 2.45) is 0 Å². The van der Waals surface area contributed by atoms with Gasteiger partial charge in [-0.15, -0.1) is 0 Å². The molecule has 4 heteroatoms. The third kappa shape index (κ3) is 2.03. The summed E-state index contributed by atoms with van der Waals surface area (Å²) in [7, 11) is 0. The van der Waals surface area contributed by atoms with E-state index in [1.807, 2.05) is 18.2 Å². The fourth-order valence-corrected chi connectivity index (χ4v) is 2.93. The number of ether oxygens (including phenoxy) is 1. The fraction of sp³-hybridized carbons (Fsp3) is 0.615. The van der Waals surface area contributed by atoms with Crippen molar-refractivity contribution < 1.29 is 9.84 Å². The fourth-order valence-electron chi connectivity index (χ4n) is 2.93. The standard InChI is InChI=1S/C13H18N2O2/c16-9-10-3-1-6-13(14-10)15-7-8-17-12-5-2-4-11(12)15/h1,3,6,11-12,16H,2,4-5,7-9H2. The number of anilines is 1. The van der Waals surface area contributed by atoms with Gasteiger partial charge in [-0.05, 0) is 31.4 Å². The van der Waals surface area contributed by atoms with Crippen molar-refractivity contribution in [2.45, 2.75) is 38.0 Å². The van der Waals surface area contributed by atoms with Gasteiger partial charge in [-0.1, -0.05) is 6.07 Å². The van der Waals surface area contributed by atoms with E-state index in [4.69, 9.17) is 9.84 Å². The molecule has 0 radical (unpaired) electrons. The largest absolute Gasteiger partial charge is 0.390 e. The first-order chi connectivity index (χ1) is 8.38. The minimum Gasteiger partial charge on any atom is -0.390 e. The van der Waals surface area contributed by atoms with Crippen LogP contribution >= 0.6 is 0 Å². The van der Waals surface area contributed by atoms with Crippen molar-refractivity contribution in [1.82, 2.24) is 4.98 Å². The molecule has 1 aromatic heterocycles. The average Bonchev–Trinajstić information content (AvgIpc) is 2.87. The Kier molecular flexibility index (Phi) is 2.99. The second kappa shape index (κ2) is 4.63. The zero-order chi connectivity index (χ0) is 11.7. The van der Waals surface area contributed by atoms with Crippen LogP contribution in [0, 0.1) is 0 Å². The monoisotopic (exact) mass is 234 g/mol. The van der Waals surface area contributed by atoms with Gasteiger partial charge in [0, 0.05) is 6.54 Å². The summed E-state index contributed by atoms with van der Waals surface area (Å²) in [5, 5.41) is 9.14. The maximum absolute atomic E-state index is 9.14. The summed E-state index contributed by atoms with van der Waals surface area (Å²) in [6.45, 7) is 1.70. The smallest absolute Gasteiger partial charge is 0.129 e. The van der Waals surface area contributed by atoms with Crippen LogP contribution in [0.3, 0.4) is 0 Å². The van der Waals surface area contributed by atoms with Crippen molar-refractivity contribution in [2.75, 3.05) is 18.1 Å². The zero-order valence-corrected chi connectivity index (χ0v) is 9.88. The van der Waals surface area contributed by atoms with Crippen LogP contribution in [0.15, 0.2) is 18.2 Å². The Morgan fingerprint density at radius 3 is 3.24 bits per heavy atom. The predicted octanol–water partition coefficient (Wildman–Crippen LogP) is 1.33. The van der Waals surface area contributed by atoms with E-state index in [1.165, 1.54) is 19.3 Å². The van der Waals surface area contributed by atoms with E-state index in [9.17, 15) is 0 Å². The number of aliphatic hydroxyl groups excluding tert-OH is 1. The molecule has 2 heterocycles. The van der Waals surface area contributed by atoms with E-state index in [0.29, 0.717) is 12.1 Å². The van der Waals surface area contributed by atoms with Gasteiger partial charge in [-0.2, -0.15) is 0 Å². The van der Waals surface area contributed by atoms with Gasteiger partial charge in [-0.3, -0.25) is 0 Å². The second-order valence-corrected chi connectivity index (χ2v) is 4.75. The van der Waals surface area contributed by atoms with E-state index >= 15 is 0 Å². The number of aliphatic hydroxyl groups is 1. The molecule has 1 aliphatic heterocycles. The van der Waals surface area contributed by atoms with E-state index in [2.05, 4.69) is 9.88 Å². The summed E-state index contributed by atoms with van der Waals surface area (Å²) in [4.78, 5) is 6.84. The van der Waals surface area contributed by atoms with Crippen LogP contribution in [0.5, 0.6) is 0 Å². The molecule has 92 valence electrons. The number of pyridine rings is 1. The van der Waals surface area contributed by atoms with E-state index < -0.39 is 0 Å². The van der Waals surface area contributed by atoms with Crippen molar-refractivity contribution in [3.63, 3.8) is 0 Å². The molecule has 1 saturated heterocycles. The number of aromatic nitrogens is 1. The lowest BCUT2D eigenvalue weighted by atomic mass is 10.1. The molecule has 0 bridgehead atoms. The Bertz CT molecular complexity index is 397.